The zero-order valence-corrected chi connectivity index (χ0v) is 60.7. The zero-order valence-electron chi connectivity index (χ0n) is 60.7. The molecule has 0 aromatic carbocycles. The molecular formula is C83H161NO5. The second-order valence-electron chi connectivity index (χ2n) is 28.5. The quantitative estimate of drug-likeness (QED) is 0.0320. The molecule has 0 spiro atoms. The molecule has 0 saturated heterocycles. The van der Waals surface area contributed by atoms with Crippen LogP contribution in [-0.4, -0.2) is 47.4 Å². The van der Waals surface area contributed by atoms with Crippen molar-refractivity contribution in [2.75, 3.05) is 13.2 Å². The highest BCUT2D eigenvalue weighted by molar-refractivity contribution is 5.76. The molecule has 0 aliphatic carbocycles. The molecular weight excluding hydrogens is 1090 g/mol. The summed E-state index contributed by atoms with van der Waals surface area (Å²) in [5, 5.41) is 23.3. The van der Waals surface area contributed by atoms with E-state index in [-0.39, 0.29) is 18.5 Å². The minimum atomic E-state index is -0.843. The van der Waals surface area contributed by atoms with Gasteiger partial charge in [-0.25, -0.2) is 0 Å². The lowest BCUT2D eigenvalue weighted by molar-refractivity contribution is -0.143. The molecule has 528 valence electrons. The smallest absolute Gasteiger partial charge is 0.305 e. The van der Waals surface area contributed by atoms with Gasteiger partial charge in [0.05, 0.1) is 25.4 Å². The van der Waals surface area contributed by atoms with Crippen LogP contribution in [0.15, 0.2) is 24.3 Å². The lowest BCUT2D eigenvalue weighted by Gasteiger charge is -2.20. The number of hydrogen-bond acceptors (Lipinski definition) is 5. The first-order valence-electron chi connectivity index (χ1n) is 41.1. The zero-order chi connectivity index (χ0) is 64.2. The van der Waals surface area contributed by atoms with Crippen molar-refractivity contribution in [1.82, 2.24) is 5.32 Å². The van der Waals surface area contributed by atoms with Gasteiger partial charge < -0.3 is 20.3 Å². The van der Waals surface area contributed by atoms with Gasteiger partial charge in [-0.3, -0.25) is 9.59 Å². The fraction of sp³-hybridized carbons (Fsp3) is 0.928. The normalized spacial score (nSPS) is 12.5. The van der Waals surface area contributed by atoms with Crippen molar-refractivity contribution in [3.8, 4) is 0 Å². The van der Waals surface area contributed by atoms with Crippen molar-refractivity contribution in [2.45, 2.75) is 482 Å². The fourth-order valence-corrected chi connectivity index (χ4v) is 13.2. The molecule has 0 heterocycles. The van der Waals surface area contributed by atoms with E-state index in [1.807, 2.05) is 6.08 Å². The van der Waals surface area contributed by atoms with E-state index in [4.69, 9.17) is 4.74 Å². The van der Waals surface area contributed by atoms with Gasteiger partial charge >= 0.3 is 5.97 Å². The predicted octanol–water partition coefficient (Wildman–Crippen LogP) is 27.2. The highest BCUT2D eigenvalue weighted by Crippen LogP contribution is 2.20. The van der Waals surface area contributed by atoms with Crippen LogP contribution in [0, 0.1) is 0 Å². The second-order valence-corrected chi connectivity index (χ2v) is 28.5. The monoisotopic (exact) mass is 1250 g/mol. The number of carbonyl (C=O) groups is 2. The number of esters is 1. The Hall–Kier alpha value is -1.66. The number of nitrogens with one attached hydrogen (secondary N) is 1. The Morgan fingerprint density at radius 1 is 0.303 bits per heavy atom. The second kappa shape index (κ2) is 78.8. The summed E-state index contributed by atoms with van der Waals surface area (Å²) in [6, 6.07) is -0.626. The van der Waals surface area contributed by atoms with Gasteiger partial charge in [0.25, 0.3) is 0 Å². The highest BCUT2D eigenvalue weighted by Gasteiger charge is 2.18. The van der Waals surface area contributed by atoms with Gasteiger partial charge in [-0.1, -0.05) is 423 Å². The largest absolute Gasteiger partial charge is 0.466 e. The number of hydrogen-bond donors (Lipinski definition) is 3. The van der Waals surface area contributed by atoms with E-state index in [0.717, 1.165) is 44.9 Å². The summed E-state index contributed by atoms with van der Waals surface area (Å²) in [7, 11) is 0. The number of aliphatic hydroxyl groups is 2. The van der Waals surface area contributed by atoms with Crippen LogP contribution in [-0.2, 0) is 14.3 Å². The van der Waals surface area contributed by atoms with Gasteiger partial charge in [0.15, 0.2) is 0 Å². The molecule has 6 heteroatoms. The number of carbonyl (C=O) groups excluding carboxylic acids is 2. The van der Waals surface area contributed by atoms with Crippen molar-refractivity contribution < 1.29 is 24.5 Å². The van der Waals surface area contributed by atoms with E-state index < -0.39 is 12.1 Å². The first-order valence-corrected chi connectivity index (χ1v) is 41.1. The first kappa shape index (κ1) is 87.3. The first-order chi connectivity index (χ1) is 44.0. The molecule has 0 radical (unpaired) electrons. The Kier molecular flexibility index (Phi) is 77.3. The van der Waals surface area contributed by atoms with E-state index in [1.54, 1.807) is 6.08 Å². The highest BCUT2D eigenvalue weighted by atomic mass is 16.5. The number of aliphatic hydroxyl groups excluding tert-OH is 2. The van der Waals surface area contributed by atoms with E-state index in [2.05, 4.69) is 31.3 Å². The Balaban J connectivity index is 3.35. The van der Waals surface area contributed by atoms with Crippen molar-refractivity contribution in [3.63, 3.8) is 0 Å². The number of amides is 1. The molecule has 0 saturated carbocycles. The summed E-state index contributed by atoms with van der Waals surface area (Å²) in [5.41, 5.74) is 0. The standard InChI is InChI=1S/C83H161NO5/c1-3-5-7-9-11-13-15-17-19-21-22-23-24-35-38-41-44-47-51-55-59-63-67-71-75-81(86)80(79-85)84-82(87)76-72-68-64-60-56-52-48-45-42-39-36-33-31-29-27-25-26-28-30-32-34-37-40-43-46-50-54-58-62-66-70-74-78-89-83(88)77-73-69-65-61-57-53-49-20-18-16-14-12-10-8-6-4-2/h20,49,71,75,80-81,85-86H,3-19,21-48,50-70,72-74,76-79H2,1-2H3,(H,84,87)/b49-20-,75-71+. The Labute approximate surface area is 558 Å². The van der Waals surface area contributed by atoms with Crippen LogP contribution in [0.25, 0.3) is 0 Å². The summed E-state index contributed by atoms with van der Waals surface area (Å²) in [6.07, 6.45) is 102. The van der Waals surface area contributed by atoms with Crippen molar-refractivity contribution >= 4 is 11.9 Å². The molecule has 2 atom stereocenters. The predicted molar refractivity (Wildman–Crippen MR) is 393 cm³/mol. The van der Waals surface area contributed by atoms with Crippen LogP contribution >= 0.6 is 0 Å². The van der Waals surface area contributed by atoms with Gasteiger partial charge in [0.2, 0.25) is 5.91 Å². The molecule has 0 aromatic heterocycles. The maximum atomic E-state index is 12.6. The van der Waals surface area contributed by atoms with E-state index in [9.17, 15) is 19.8 Å². The number of unbranched alkanes of at least 4 members (excludes halogenated alkanes) is 65. The molecule has 6 nitrogen and oxygen atoms in total. The van der Waals surface area contributed by atoms with Gasteiger partial charge in [0.1, 0.15) is 0 Å². The van der Waals surface area contributed by atoms with Gasteiger partial charge in [-0.2, -0.15) is 0 Å². The van der Waals surface area contributed by atoms with Crippen LogP contribution in [0.5, 0.6) is 0 Å². The van der Waals surface area contributed by atoms with Crippen LogP contribution in [0.4, 0.5) is 0 Å². The molecule has 0 rings (SSSR count). The minimum absolute atomic E-state index is 0.0147. The molecule has 89 heavy (non-hydrogen) atoms. The Morgan fingerprint density at radius 3 is 0.798 bits per heavy atom. The van der Waals surface area contributed by atoms with Crippen LogP contribution in [0.2, 0.25) is 0 Å². The van der Waals surface area contributed by atoms with Crippen molar-refractivity contribution in [1.29, 1.82) is 0 Å². The third-order valence-electron chi connectivity index (χ3n) is 19.5. The topological polar surface area (TPSA) is 95.9 Å². The molecule has 0 aliphatic rings. The summed E-state index contributed by atoms with van der Waals surface area (Å²) in [4.78, 5) is 24.7. The molecule has 1 amide bonds. The average Bonchev–Trinajstić information content (AvgIpc) is 3.60. The number of allylic oxidation sites excluding steroid dienone is 3. The molecule has 0 fully saturated rings. The third kappa shape index (κ3) is 75.3. The van der Waals surface area contributed by atoms with E-state index >= 15 is 0 Å². The summed E-state index contributed by atoms with van der Waals surface area (Å²) in [5.74, 6) is -0.0433. The average molecular weight is 1250 g/mol. The maximum Gasteiger partial charge on any atom is 0.305 e. The number of rotatable bonds is 78. The summed E-state index contributed by atoms with van der Waals surface area (Å²) >= 11 is 0. The van der Waals surface area contributed by atoms with Gasteiger partial charge in [0, 0.05) is 12.8 Å². The van der Waals surface area contributed by atoms with E-state index in [1.165, 1.54) is 398 Å². The van der Waals surface area contributed by atoms with Crippen LogP contribution in [0.3, 0.4) is 0 Å². The molecule has 2 unspecified atom stereocenters. The van der Waals surface area contributed by atoms with Crippen molar-refractivity contribution in [3.05, 3.63) is 24.3 Å². The third-order valence-corrected chi connectivity index (χ3v) is 19.5. The Bertz CT molecular complexity index is 1400. The van der Waals surface area contributed by atoms with E-state index in [0.29, 0.717) is 19.4 Å². The maximum absolute atomic E-state index is 12.6. The molecule has 0 aliphatic heterocycles. The molecule has 3 N–H and O–H groups in total. The lowest BCUT2D eigenvalue weighted by atomic mass is 10.0. The van der Waals surface area contributed by atoms with Gasteiger partial charge in [-0.05, 0) is 57.8 Å². The van der Waals surface area contributed by atoms with Crippen molar-refractivity contribution in [2.24, 2.45) is 0 Å². The summed E-state index contributed by atoms with van der Waals surface area (Å²) in [6.45, 7) is 4.96. The number of ether oxygens (including phenoxy) is 1. The molecule has 0 aromatic rings. The van der Waals surface area contributed by atoms with Crippen LogP contribution < -0.4 is 5.32 Å². The Morgan fingerprint density at radius 2 is 0.528 bits per heavy atom. The van der Waals surface area contributed by atoms with Gasteiger partial charge in [-0.15, -0.1) is 0 Å². The van der Waals surface area contributed by atoms with Crippen LogP contribution in [0.1, 0.15) is 470 Å². The summed E-state index contributed by atoms with van der Waals surface area (Å²) < 4.78 is 5.50. The minimum Gasteiger partial charge on any atom is -0.466 e. The SMILES string of the molecule is CCCCCCCCC/C=C\CCCCCCCC(=O)OCCCCCCCCCCCCCCCCCCCCCCCCCCCCCCCCCCC(=O)NC(CO)C(O)/C=C/CCCCCCCCCCCCCCCCCCCCCCCC. The molecule has 0 bridgehead atoms. The lowest BCUT2D eigenvalue weighted by Crippen LogP contribution is -2.45. The fourth-order valence-electron chi connectivity index (χ4n) is 13.2.